The normalized spacial score (nSPS) is 21.2. The van der Waals surface area contributed by atoms with Crippen LogP contribution in [0.1, 0.15) is 30.5 Å². The van der Waals surface area contributed by atoms with Crippen LogP contribution in [0.5, 0.6) is 0 Å². The first-order valence-corrected chi connectivity index (χ1v) is 7.97. The van der Waals surface area contributed by atoms with Crippen molar-refractivity contribution in [1.29, 1.82) is 0 Å². The summed E-state index contributed by atoms with van der Waals surface area (Å²) >= 11 is 1.72. The van der Waals surface area contributed by atoms with E-state index in [0.29, 0.717) is 12.1 Å². The van der Waals surface area contributed by atoms with Crippen LogP contribution in [0.3, 0.4) is 0 Å². The number of thiazole rings is 1. The Hall–Kier alpha value is -0.490. The standard InChI is InChI=1S/C14H25N3OS/c1-11(14-5-4-8-18-14)15-6-7-17(3)9-13-10-19-12(2)16-13/h10-11,14-15H,4-9H2,1-3H3. The van der Waals surface area contributed by atoms with E-state index in [-0.39, 0.29) is 0 Å². The highest BCUT2D eigenvalue weighted by molar-refractivity contribution is 7.09. The molecular weight excluding hydrogens is 258 g/mol. The lowest BCUT2D eigenvalue weighted by atomic mass is 10.1. The molecule has 0 spiro atoms. The predicted molar refractivity (Wildman–Crippen MR) is 79.6 cm³/mol. The molecule has 0 bridgehead atoms. The molecule has 5 heteroatoms. The number of likely N-dealkylation sites (N-methyl/N-ethyl adjacent to an activating group) is 1. The molecule has 1 aromatic heterocycles. The number of hydrogen-bond donors (Lipinski definition) is 1. The fraction of sp³-hybridized carbons (Fsp3) is 0.786. The van der Waals surface area contributed by atoms with Gasteiger partial charge in [0.05, 0.1) is 16.8 Å². The quantitative estimate of drug-likeness (QED) is 0.831. The number of ether oxygens (including phenoxy) is 1. The molecule has 1 aromatic rings. The van der Waals surface area contributed by atoms with Gasteiger partial charge in [-0.25, -0.2) is 4.98 Å². The van der Waals surface area contributed by atoms with Gasteiger partial charge in [-0.2, -0.15) is 0 Å². The average Bonchev–Trinajstić information content (AvgIpc) is 3.00. The van der Waals surface area contributed by atoms with Crippen LogP contribution in [-0.4, -0.2) is 48.8 Å². The van der Waals surface area contributed by atoms with Crippen molar-refractivity contribution in [2.75, 3.05) is 26.7 Å². The molecule has 1 saturated heterocycles. The number of nitrogens with one attached hydrogen (secondary N) is 1. The maximum Gasteiger partial charge on any atom is 0.0897 e. The first kappa shape index (κ1) is 14.9. The molecule has 108 valence electrons. The third kappa shape index (κ3) is 4.84. The van der Waals surface area contributed by atoms with E-state index in [2.05, 4.69) is 41.5 Å². The first-order chi connectivity index (χ1) is 9.15. The molecule has 2 unspecified atom stereocenters. The molecule has 0 aliphatic carbocycles. The van der Waals surface area contributed by atoms with Crippen molar-refractivity contribution in [1.82, 2.24) is 15.2 Å². The lowest BCUT2D eigenvalue weighted by Crippen LogP contribution is -2.40. The van der Waals surface area contributed by atoms with Crippen LogP contribution < -0.4 is 5.32 Å². The van der Waals surface area contributed by atoms with Crippen molar-refractivity contribution >= 4 is 11.3 Å². The van der Waals surface area contributed by atoms with Gasteiger partial charge in [0, 0.05) is 37.7 Å². The number of rotatable bonds is 7. The summed E-state index contributed by atoms with van der Waals surface area (Å²) in [5, 5.41) is 6.86. The van der Waals surface area contributed by atoms with E-state index in [1.807, 2.05) is 0 Å². The van der Waals surface area contributed by atoms with E-state index >= 15 is 0 Å². The zero-order chi connectivity index (χ0) is 13.7. The molecule has 2 rings (SSSR count). The maximum atomic E-state index is 5.69. The monoisotopic (exact) mass is 283 g/mol. The van der Waals surface area contributed by atoms with Crippen molar-refractivity contribution in [3.63, 3.8) is 0 Å². The maximum absolute atomic E-state index is 5.69. The highest BCUT2D eigenvalue weighted by Crippen LogP contribution is 2.15. The molecule has 1 N–H and O–H groups in total. The molecule has 0 radical (unpaired) electrons. The van der Waals surface area contributed by atoms with E-state index in [1.165, 1.54) is 18.5 Å². The molecule has 4 nitrogen and oxygen atoms in total. The fourth-order valence-corrected chi connectivity index (χ4v) is 3.05. The van der Waals surface area contributed by atoms with E-state index in [0.717, 1.165) is 31.2 Å². The minimum absolute atomic E-state index is 0.409. The number of aromatic nitrogens is 1. The van der Waals surface area contributed by atoms with Crippen molar-refractivity contribution in [3.8, 4) is 0 Å². The zero-order valence-corrected chi connectivity index (χ0v) is 13.0. The van der Waals surface area contributed by atoms with Gasteiger partial charge in [0.2, 0.25) is 0 Å². The van der Waals surface area contributed by atoms with Crippen molar-refractivity contribution < 1.29 is 4.74 Å². The Morgan fingerprint density at radius 2 is 2.47 bits per heavy atom. The second-order valence-electron chi connectivity index (χ2n) is 5.39. The summed E-state index contributed by atoms with van der Waals surface area (Å²) < 4.78 is 5.69. The molecule has 1 aliphatic heterocycles. The van der Waals surface area contributed by atoms with Crippen molar-refractivity contribution in [3.05, 3.63) is 16.1 Å². The molecular formula is C14H25N3OS. The molecule has 19 heavy (non-hydrogen) atoms. The Bertz CT molecular complexity index is 377. The van der Waals surface area contributed by atoms with Gasteiger partial charge in [0.1, 0.15) is 0 Å². The molecule has 0 saturated carbocycles. The van der Waals surface area contributed by atoms with E-state index < -0.39 is 0 Å². The fourth-order valence-electron chi connectivity index (χ4n) is 2.45. The molecule has 0 aromatic carbocycles. The minimum Gasteiger partial charge on any atom is -0.377 e. The smallest absolute Gasteiger partial charge is 0.0897 e. The van der Waals surface area contributed by atoms with Gasteiger partial charge in [-0.3, -0.25) is 4.90 Å². The topological polar surface area (TPSA) is 37.4 Å². The predicted octanol–water partition coefficient (Wildman–Crippen LogP) is 2.04. The number of aryl methyl sites for hydroxylation is 1. The van der Waals surface area contributed by atoms with Gasteiger partial charge in [-0.1, -0.05) is 0 Å². The van der Waals surface area contributed by atoms with E-state index in [1.54, 1.807) is 11.3 Å². The summed E-state index contributed by atoms with van der Waals surface area (Å²) in [7, 11) is 2.15. The second kappa shape index (κ2) is 7.33. The van der Waals surface area contributed by atoms with Crippen LogP contribution in [0.25, 0.3) is 0 Å². The van der Waals surface area contributed by atoms with Gasteiger partial charge in [0.25, 0.3) is 0 Å². The molecule has 2 heterocycles. The lowest BCUT2D eigenvalue weighted by molar-refractivity contribution is 0.0829. The van der Waals surface area contributed by atoms with E-state index in [9.17, 15) is 0 Å². The number of hydrogen-bond acceptors (Lipinski definition) is 5. The van der Waals surface area contributed by atoms with Crippen LogP contribution in [0.15, 0.2) is 5.38 Å². The molecule has 0 amide bonds. The van der Waals surface area contributed by atoms with Gasteiger partial charge < -0.3 is 10.1 Å². The first-order valence-electron chi connectivity index (χ1n) is 7.09. The number of nitrogens with zero attached hydrogens (tertiary/aromatic N) is 2. The van der Waals surface area contributed by atoms with Crippen molar-refractivity contribution in [2.45, 2.75) is 45.4 Å². The zero-order valence-electron chi connectivity index (χ0n) is 12.2. The Morgan fingerprint density at radius 3 is 3.11 bits per heavy atom. The van der Waals surface area contributed by atoms with Crippen LogP contribution in [0.2, 0.25) is 0 Å². The van der Waals surface area contributed by atoms with Crippen molar-refractivity contribution in [2.24, 2.45) is 0 Å². The van der Waals surface area contributed by atoms with Crippen LogP contribution in [0, 0.1) is 6.92 Å². The van der Waals surface area contributed by atoms with Gasteiger partial charge in [0.15, 0.2) is 0 Å². The third-order valence-corrected chi connectivity index (χ3v) is 4.40. The molecule has 2 atom stereocenters. The summed E-state index contributed by atoms with van der Waals surface area (Å²) in [5.41, 5.74) is 1.18. The van der Waals surface area contributed by atoms with Gasteiger partial charge in [-0.15, -0.1) is 11.3 Å². The summed E-state index contributed by atoms with van der Waals surface area (Å²) in [4.78, 5) is 6.80. The highest BCUT2D eigenvalue weighted by atomic mass is 32.1. The Morgan fingerprint density at radius 1 is 1.63 bits per heavy atom. The second-order valence-corrected chi connectivity index (χ2v) is 6.45. The summed E-state index contributed by atoms with van der Waals surface area (Å²) in [6.07, 6.45) is 2.81. The lowest BCUT2D eigenvalue weighted by Gasteiger charge is -2.22. The largest absolute Gasteiger partial charge is 0.377 e. The van der Waals surface area contributed by atoms with Gasteiger partial charge >= 0.3 is 0 Å². The van der Waals surface area contributed by atoms with E-state index in [4.69, 9.17) is 4.74 Å². The Labute approximate surface area is 120 Å². The minimum atomic E-state index is 0.409. The van der Waals surface area contributed by atoms with Crippen LogP contribution >= 0.6 is 11.3 Å². The Kier molecular flexibility index (Phi) is 5.76. The summed E-state index contributed by atoms with van der Waals surface area (Å²) in [6.45, 7) is 8.17. The SMILES string of the molecule is Cc1nc(CN(C)CCNC(C)C2CCCO2)cs1. The molecule has 1 fully saturated rings. The molecule has 1 aliphatic rings. The Balaban J connectivity index is 1.62. The average molecular weight is 283 g/mol. The highest BCUT2D eigenvalue weighted by Gasteiger charge is 2.21. The third-order valence-electron chi connectivity index (χ3n) is 3.58. The van der Waals surface area contributed by atoms with Crippen LogP contribution in [-0.2, 0) is 11.3 Å². The van der Waals surface area contributed by atoms with Gasteiger partial charge in [-0.05, 0) is 33.7 Å². The van der Waals surface area contributed by atoms with Crippen LogP contribution in [0.4, 0.5) is 0 Å². The summed E-state index contributed by atoms with van der Waals surface area (Å²) in [5.74, 6) is 0. The summed E-state index contributed by atoms with van der Waals surface area (Å²) in [6, 6.07) is 0.456.